The van der Waals surface area contributed by atoms with Crippen molar-refractivity contribution in [1.29, 1.82) is 0 Å². The zero-order chi connectivity index (χ0) is 29.1. The molecule has 41 heavy (non-hydrogen) atoms. The lowest BCUT2D eigenvalue weighted by atomic mass is 10.1. The second-order valence-electron chi connectivity index (χ2n) is 9.15. The number of nitrogens with zero attached hydrogens (tertiary/aromatic N) is 5. The molecule has 1 amide bonds. The zero-order valence-corrected chi connectivity index (χ0v) is 22.6. The Bertz CT molecular complexity index is 1790. The van der Waals surface area contributed by atoms with Crippen LogP contribution >= 0.6 is 0 Å². The Morgan fingerprint density at radius 2 is 1.63 bits per heavy atom. The number of fused-ring (bicyclic) bond motifs is 1. The van der Waals surface area contributed by atoms with Gasteiger partial charge in [-0.25, -0.2) is 14.4 Å². The SMILES string of the molecule is COc1cc2nccc(Oc3ncc(NC(=O)c4cn(C(C)C)nc(-c5ccc(F)cc5)c4=O)cn3)c2cc1OC. The van der Waals surface area contributed by atoms with Gasteiger partial charge in [-0.15, -0.1) is 0 Å². The van der Waals surface area contributed by atoms with E-state index in [1.54, 1.807) is 24.4 Å². The first-order valence-corrected chi connectivity index (χ1v) is 12.5. The molecule has 3 aromatic heterocycles. The molecule has 0 spiro atoms. The molecular formula is C29H25FN6O5. The first kappa shape index (κ1) is 27.2. The largest absolute Gasteiger partial charge is 0.493 e. The van der Waals surface area contributed by atoms with Crippen LogP contribution in [0.4, 0.5) is 10.1 Å². The second-order valence-corrected chi connectivity index (χ2v) is 9.15. The minimum Gasteiger partial charge on any atom is -0.493 e. The predicted octanol–water partition coefficient (Wildman–Crippen LogP) is 5.03. The van der Waals surface area contributed by atoms with Crippen LogP contribution in [0.1, 0.15) is 30.2 Å². The Kier molecular flexibility index (Phi) is 7.55. The molecule has 0 bridgehead atoms. The first-order valence-electron chi connectivity index (χ1n) is 12.5. The van der Waals surface area contributed by atoms with E-state index >= 15 is 0 Å². The van der Waals surface area contributed by atoms with Crippen LogP contribution in [0.15, 0.2) is 72.0 Å². The molecule has 11 nitrogen and oxygen atoms in total. The summed E-state index contributed by atoms with van der Waals surface area (Å²) in [4.78, 5) is 39.1. The number of halogens is 1. The minimum atomic E-state index is -0.673. The van der Waals surface area contributed by atoms with Gasteiger partial charge in [0.2, 0.25) is 5.43 Å². The van der Waals surface area contributed by atoms with Crippen LogP contribution in [0.3, 0.4) is 0 Å². The zero-order valence-electron chi connectivity index (χ0n) is 22.6. The first-order chi connectivity index (χ1) is 19.8. The number of nitrogens with one attached hydrogen (secondary N) is 1. The molecule has 5 rings (SSSR count). The van der Waals surface area contributed by atoms with Crippen LogP contribution in [0.25, 0.3) is 22.2 Å². The van der Waals surface area contributed by atoms with Crippen molar-refractivity contribution in [2.24, 2.45) is 0 Å². The lowest BCUT2D eigenvalue weighted by molar-refractivity contribution is 0.102. The van der Waals surface area contributed by atoms with Crippen molar-refractivity contribution >= 4 is 22.5 Å². The molecule has 0 fully saturated rings. The van der Waals surface area contributed by atoms with Crippen molar-refractivity contribution in [2.45, 2.75) is 19.9 Å². The maximum atomic E-state index is 13.4. The van der Waals surface area contributed by atoms with Gasteiger partial charge < -0.3 is 19.5 Å². The highest BCUT2D eigenvalue weighted by molar-refractivity contribution is 6.04. The highest BCUT2D eigenvalue weighted by atomic mass is 19.1. The fourth-order valence-electron chi connectivity index (χ4n) is 4.00. The quantitative estimate of drug-likeness (QED) is 0.280. The van der Waals surface area contributed by atoms with Gasteiger partial charge in [-0.1, -0.05) is 0 Å². The van der Waals surface area contributed by atoms with Crippen molar-refractivity contribution in [3.63, 3.8) is 0 Å². The van der Waals surface area contributed by atoms with Crippen LogP contribution in [0.2, 0.25) is 0 Å². The number of anilines is 1. The number of carbonyl (C=O) groups excluding carboxylic acids is 1. The molecule has 0 saturated heterocycles. The standard InChI is InChI=1S/C29H25FN6O5/c1-16(2)36-15-21(27(37)26(35-36)17-5-7-18(30)8-6-17)28(38)34-19-13-32-29(33-14-19)41-23-9-10-31-22-12-25(40-4)24(39-3)11-20(22)23/h5-16H,1-4H3,(H,34,38). The Hall–Kier alpha value is -5.39. The van der Waals surface area contributed by atoms with Gasteiger partial charge in [0.05, 0.1) is 37.8 Å². The Balaban J connectivity index is 1.39. The number of hydrogen-bond acceptors (Lipinski definition) is 9. The third-order valence-corrected chi connectivity index (χ3v) is 6.12. The molecule has 0 aliphatic rings. The Labute approximate surface area is 233 Å². The van der Waals surface area contributed by atoms with Crippen LogP contribution in [-0.2, 0) is 0 Å². The fourth-order valence-corrected chi connectivity index (χ4v) is 4.00. The van der Waals surface area contributed by atoms with Gasteiger partial charge in [0.25, 0.3) is 5.91 Å². The van der Waals surface area contributed by atoms with E-state index in [-0.39, 0.29) is 29.0 Å². The molecule has 3 heterocycles. The monoisotopic (exact) mass is 556 g/mol. The normalized spacial score (nSPS) is 11.0. The summed E-state index contributed by atoms with van der Waals surface area (Å²) in [7, 11) is 3.07. The molecule has 0 radical (unpaired) electrons. The van der Waals surface area contributed by atoms with E-state index in [4.69, 9.17) is 14.2 Å². The lowest BCUT2D eigenvalue weighted by Gasteiger charge is -2.14. The predicted molar refractivity (Wildman–Crippen MR) is 149 cm³/mol. The summed E-state index contributed by atoms with van der Waals surface area (Å²) in [5.41, 5.74) is 0.553. The van der Waals surface area contributed by atoms with E-state index in [1.165, 1.54) is 61.8 Å². The highest BCUT2D eigenvalue weighted by Crippen LogP contribution is 2.36. The number of benzene rings is 2. The molecule has 2 aromatic carbocycles. The molecule has 1 N–H and O–H groups in total. The lowest BCUT2D eigenvalue weighted by Crippen LogP contribution is -2.27. The average Bonchev–Trinajstić information content (AvgIpc) is 2.98. The third kappa shape index (κ3) is 5.66. The van der Waals surface area contributed by atoms with Gasteiger partial charge in [-0.05, 0) is 50.2 Å². The van der Waals surface area contributed by atoms with Crippen molar-refractivity contribution in [1.82, 2.24) is 24.7 Å². The van der Waals surface area contributed by atoms with E-state index < -0.39 is 17.2 Å². The Morgan fingerprint density at radius 1 is 0.951 bits per heavy atom. The molecular weight excluding hydrogens is 531 g/mol. The summed E-state index contributed by atoms with van der Waals surface area (Å²) in [6.45, 7) is 3.72. The highest BCUT2D eigenvalue weighted by Gasteiger charge is 2.19. The molecule has 0 atom stereocenters. The van der Waals surface area contributed by atoms with Crippen molar-refractivity contribution in [3.8, 4) is 34.5 Å². The minimum absolute atomic E-state index is 0.0231. The van der Waals surface area contributed by atoms with Gasteiger partial charge in [-0.2, -0.15) is 5.10 Å². The smallest absolute Gasteiger partial charge is 0.322 e. The van der Waals surface area contributed by atoms with E-state index in [1.807, 2.05) is 13.8 Å². The van der Waals surface area contributed by atoms with Crippen LogP contribution in [-0.4, -0.2) is 44.9 Å². The van der Waals surface area contributed by atoms with Crippen molar-refractivity contribution in [2.75, 3.05) is 19.5 Å². The number of ether oxygens (including phenoxy) is 3. The number of rotatable bonds is 8. The van der Waals surface area contributed by atoms with E-state index in [9.17, 15) is 14.0 Å². The van der Waals surface area contributed by atoms with Gasteiger partial charge in [0, 0.05) is 35.5 Å². The molecule has 12 heteroatoms. The van der Waals surface area contributed by atoms with Crippen LogP contribution in [0, 0.1) is 5.82 Å². The number of hydrogen-bond donors (Lipinski definition) is 1. The van der Waals surface area contributed by atoms with E-state index in [0.29, 0.717) is 33.7 Å². The van der Waals surface area contributed by atoms with Gasteiger partial charge in [-0.3, -0.25) is 19.3 Å². The number of methoxy groups -OCH3 is 2. The summed E-state index contributed by atoms with van der Waals surface area (Å²) in [6.07, 6.45) is 5.68. The molecule has 0 unspecified atom stereocenters. The van der Waals surface area contributed by atoms with Crippen LogP contribution < -0.4 is 25.0 Å². The van der Waals surface area contributed by atoms with E-state index in [0.717, 1.165) is 0 Å². The van der Waals surface area contributed by atoms with Crippen molar-refractivity contribution < 1.29 is 23.4 Å². The van der Waals surface area contributed by atoms with Gasteiger partial charge in [0.15, 0.2) is 11.5 Å². The maximum absolute atomic E-state index is 13.4. The summed E-state index contributed by atoms with van der Waals surface area (Å²) >= 11 is 0. The van der Waals surface area contributed by atoms with Gasteiger partial charge >= 0.3 is 6.01 Å². The molecule has 5 aromatic rings. The van der Waals surface area contributed by atoms with Crippen molar-refractivity contribution in [3.05, 3.63) is 88.9 Å². The number of aromatic nitrogens is 5. The summed E-state index contributed by atoms with van der Waals surface area (Å²) in [5.74, 6) is 0.351. The maximum Gasteiger partial charge on any atom is 0.322 e. The summed E-state index contributed by atoms with van der Waals surface area (Å²) in [6, 6.07) is 10.3. The Morgan fingerprint density at radius 3 is 2.29 bits per heavy atom. The van der Waals surface area contributed by atoms with Gasteiger partial charge in [0.1, 0.15) is 22.8 Å². The number of amides is 1. The third-order valence-electron chi connectivity index (χ3n) is 6.12. The summed E-state index contributed by atoms with van der Waals surface area (Å²) in [5, 5.41) is 7.65. The molecule has 0 aliphatic heterocycles. The molecule has 0 saturated carbocycles. The number of pyridine rings is 1. The molecule has 208 valence electrons. The molecule has 0 aliphatic carbocycles. The fraction of sp³-hybridized carbons (Fsp3) is 0.172. The summed E-state index contributed by atoms with van der Waals surface area (Å²) < 4.78 is 31.5. The van der Waals surface area contributed by atoms with Crippen LogP contribution in [0.5, 0.6) is 23.3 Å². The number of carbonyl (C=O) groups is 1. The topological polar surface area (TPSA) is 130 Å². The average molecular weight is 557 g/mol. The van der Waals surface area contributed by atoms with E-state index in [2.05, 4.69) is 25.4 Å². The second kappa shape index (κ2) is 11.4.